The summed E-state index contributed by atoms with van der Waals surface area (Å²) < 4.78 is 1.01. The van der Waals surface area contributed by atoms with E-state index >= 15 is 0 Å². The first-order valence-electron chi connectivity index (χ1n) is 6.00. The zero-order valence-corrected chi connectivity index (χ0v) is 11.4. The molecule has 0 saturated carbocycles. The van der Waals surface area contributed by atoms with Crippen molar-refractivity contribution in [3.8, 4) is 5.75 Å². The van der Waals surface area contributed by atoms with Crippen LogP contribution in [0.3, 0.4) is 0 Å². The number of non-ortho nitro benzene ring substituents is 1. The normalized spacial score (nSPS) is 11.2. The first kappa shape index (κ1) is 13.2. The lowest BCUT2D eigenvalue weighted by Gasteiger charge is -1.97. The molecule has 0 fully saturated rings. The highest BCUT2D eigenvalue weighted by Gasteiger charge is 2.09. The molecule has 6 nitrogen and oxygen atoms in total. The zero-order valence-electron chi connectivity index (χ0n) is 10.6. The van der Waals surface area contributed by atoms with Crippen molar-refractivity contribution >= 4 is 38.6 Å². The predicted octanol–water partition coefficient (Wildman–Crippen LogP) is 3.66. The second-order valence-corrected chi connectivity index (χ2v) is 5.23. The van der Waals surface area contributed by atoms with E-state index in [4.69, 9.17) is 0 Å². The molecule has 0 aliphatic heterocycles. The molecule has 0 aliphatic rings. The van der Waals surface area contributed by atoms with Gasteiger partial charge in [-0.2, -0.15) is 0 Å². The van der Waals surface area contributed by atoms with Crippen molar-refractivity contribution in [3.63, 3.8) is 0 Å². The minimum atomic E-state index is -0.519. The summed E-state index contributed by atoms with van der Waals surface area (Å²) in [5.41, 5.74) is 1.03. The van der Waals surface area contributed by atoms with Crippen molar-refractivity contribution < 1.29 is 10.0 Å². The third-order valence-corrected chi connectivity index (χ3v) is 3.76. The quantitative estimate of drug-likeness (QED) is 0.454. The van der Waals surface area contributed by atoms with E-state index in [0.29, 0.717) is 5.13 Å². The number of nitro benzene ring substituents is 1. The van der Waals surface area contributed by atoms with Gasteiger partial charge in [-0.05, 0) is 18.2 Å². The molecule has 2 aromatic carbocycles. The van der Waals surface area contributed by atoms with Gasteiger partial charge >= 0.3 is 0 Å². The number of thiazole rings is 1. The molecular formula is C14H9N3O3S. The Morgan fingerprint density at radius 1 is 1.29 bits per heavy atom. The molecule has 0 amide bonds. The van der Waals surface area contributed by atoms with Gasteiger partial charge in [0.25, 0.3) is 5.69 Å². The maximum absolute atomic E-state index is 10.7. The van der Waals surface area contributed by atoms with Crippen LogP contribution in [-0.2, 0) is 0 Å². The lowest BCUT2D eigenvalue weighted by molar-refractivity contribution is -0.384. The average Bonchev–Trinajstić information content (AvgIpc) is 2.89. The van der Waals surface area contributed by atoms with Crippen LogP contribution in [-0.4, -0.2) is 21.2 Å². The Kier molecular flexibility index (Phi) is 3.33. The molecule has 3 rings (SSSR count). The fraction of sp³-hybridized carbons (Fsp3) is 0. The molecule has 0 unspecified atom stereocenters. The molecule has 3 aromatic rings. The molecule has 104 valence electrons. The van der Waals surface area contributed by atoms with E-state index in [1.165, 1.54) is 35.8 Å². The van der Waals surface area contributed by atoms with Crippen molar-refractivity contribution in [1.29, 1.82) is 0 Å². The molecule has 0 bridgehead atoms. The Morgan fingerprint density at radius 2 is 2.10 bits per heavy atom. The van der Waals surface area contributed by atoms with Gasteiger partial charge in [0.05, 0.1) is 15.1 Å². The first-order chi connectivity index (χ1) is 10.1. The van der Waals surface area contributed by atoms with Crippen molar-refractivity contribution in [2.24, 2.45) is 4.99 Å². The lowest BCUT2D eigenvalue weighted by atomic mass is 10.2. The standard InChI is InChI=1S/C14H9N3O3S/c18-12-6-5-10(17(19)20)7-9(12)8-15-14-16-11-3-1-2-4-13(11)21-14/h1-8,18H/b15-8+. The van der Waals surface area contributed by atoms with Crippen molar-refractivity contribution in [2.45, 2.75) is 0 Å². The molecule has 1 N–H and O–H groups in total. The number of aromatic nitrogens is 1. The maximum Gasteiger partial charge on any atom is 0.270 e. The number of aromatic hydroxyl groups is 1. The van der Waals surface area contributed by atoms with E-state index in [1.54, 1.807) is 0 Å². The van der Waals surface area contributed by atoms with Gasteiger partial charge in [-0.1, -0.05) is 23.5 Å². The maximum atomic E-state index is 10.7. The summed E-state index contributed by atoms with van der Waals surface area (Å²) in [4.78, 5) is 18.7. The average molecular weight is 299 g/mol. The van der Waals surface area contributed by atoms with Gasteiger partial charge in [0.2, 0.25) is 5.13 Å². The summed E-state index contributed by atoms with van der Waals surface area (Å²) in [7, 11) is 0. The summed E-state index contributed by atoms with van der Waals surface area (Å²) in [6.07, 6.45) is 1.38. The number of hydrogen-bond acceptors (Lipinski definition) is 6. The largest absolute Gasteiger partial charge is 0.507 e. The topological polar surface area (TPSA) is 88.6 Å². The van der Waals surface area contributed by atoms with Crippen LogP contribution in [0.1, 0.15) is 5.56 Å². The Labute approximate surface area is 123 Å². The van der Waals surface area contributed by atoms with Crippen LogP contribution in [0.2, 0.25) is 0 Å². The van der Waals surface area contributed by atoms with Gasteiger partial charge in [0.1, 0.15) is 5.75 Å². The van der Waals surface area contributed by atoms with Crippen LogP contribution in [0, 0.1) is 10.1 Å². The van der Waals surface area contributed by atoms with Crippen molar-refractivity contribution in [3.05, 3.63) is 58.1 Å². The van der Waals surface area contributed by atoms with E-state index in [2.05, 4.69) is 9.98 Å². The van der Waals surface area contributed by atoms with Gasteiger partial charge in [-0.15, -0.1) is 0 Å². The zero-order chi connectivity index (χ0) is 14.8. The van der Waals surface area contributed by atoms with E-state index in [1.807, 2.05) is 24.3 Å². The Balaban J connectivity index is 1.95. The highest BCUT2D eigenvalue weighted by Crippen LogP contribution is 2.28. The van der Waals surface area contributed by atoms with Gasteiger partial charge in [-0.25, -0.2) is 9.98 Å². The summed E-state index contributed by atoms with van der Waals surface area (Å²) in [5.74, 6) is -0.0644. The van der Waals surface area contributed by atoms with Crippen LogP contribution >= 0.6 is 11.3 Å². The molecule has 21 heavy (non-hydrogen) atoms. The number of nitrogens with zero attached hydrogens (tertiary/aromatic N) is 3. The second kappa shape index (κ2) is 5.29. The number of phenols is 1. The third kappa shape index (κ3) is 2.72. The highest BCUT2D eigenvalue weighted by molar-refractivity contribution is 7.22. The van der Waals surface area contributed by atoms with E-state index in [0.717, 1.165) is 10.2 Å². The molecular weight excluding hydrogens is 290 g/mol. The number of nitro groups is 1. The number of hydrogen-bond donors (Lipinski definition) is 1. The number of rotatable bonds is 3. The first-order valence-corrected chi connectivity index (χ1v) is 6.82. The number of para-hydroxylation sites is 1. The smallest absolute Gasteiger partial charge is 0.270 e. The summed E-state index contributed by atoms with van der Waals surface area (Å²) in [6.45, 7) is 0. The molecule has 7 heteroatoms. The minimum absolute atomic E-state index is 0.0644. The van der Waals surface area contributed by atoms with E-state index < -0.39 is 4.92 Å². The van der Waals surface area contributed by atoms with Gasteiger partial charge in [0.15, 0.2) is 0 Å². The SMILES string of the molecule is O=[N+]([O-])c1ccc(O)c(/C=N/c2nc3ccccc3s2)c1. The van der Waals surface area contributed by atoms with Crippen LogP contribution in [0.5, 0.6) is 5.75 Å². The van der Waals surface area contributed by atoms with Crippen LogP contribution < -0.4 is 0 Å². The fourth-order valence-electron chi connectivity index (χ4n) is 1.80. The molecule has 1 aromatic heterocycles. The lowest BCUT2D eigenvalue weighted by Crippen LogP contribution is -1.90. The van der Waals surface area contributed by atoms with E-state index in [9.17, 15) is 15.2 Å². The number of fused-ring (bicyclic) bond motifs is 1. The minimum Gasteiger partial charge on any atom is -0.507 e. The third-order valence-electron chi connectivity index (χ3n) is 2.82. The van der Waals surface area contributed by atoms with Gasteiger partial charge in [0, 0.05) is 23.9 Å². The monoisotopic (exact) mass is 299 g/mol. The Hall–Kier alpha value is -2.80. The Morgan fingerprint density at radius 3 is 2.86 bits per heavy atom. The van der Waals surface area contributed by atoms with Crippen molar-refractivity contribution in [1.82, 2.24) is 4.98 Å². The molecule has 1 heterocycles. The summed E-state index contributed by atoms with van der Waals surface area (Å²) in [5, 5.41) is 21.0. The molecule has 0 radical (unpaired) electrons. The molecule has 0 spiro atoms. The number of phenolic OH excluding ortho intramolecular Hbond substituents is 1. The van der Waals surface area contributed by atoms with Crippen LogP contribution in [0.25, 0.3) is 10.2 Å². The molecule has 0 saturated heterocycles. The fourth-order valence-corrected chi connectivity index (χ4v) is 2.61. The molecule has 0 aliphatic carbocycles. The molecule has 0 atom stereocenters. The number of aliphatic imine (C=N–C) groups is 1. The summed E-state index contributed by atoms with van der Waals surface area (Å²) in [6, 6.07) is 11.4. The number of benzene rings is 2. The predicted molar refractivity (Wildman–Crippen MR) is 81.6 cm³/mol. The second-order valence-electron chi connectivity index (χ2n) is 4.22. The van der Waals surface area contributed by atoms with Gasteiger partial charge in [-0.3, -0.25) is 10.1 Å². The van der Waals surface area contributed by atoms with E-state index in [-0.39, 0.29) is 17.0 Å². The van der Waals surface area contributed by atoms with Gasteiger partial charge < -0.3 is 5.11 Å². The summed E-state index contributed by atoms with van der Waals surface area (Å²) >= 11 is 1.41. The van der Waals surface area contributed by atoms with Crippen molar-refractivity contribution in [2.75, 3.05) is 0 Å². The van der Waals surface area contributed by atoms with Crippen LogP contribution in [0.15, 0.2) is 47.5 Å². The highest BCUT2D eigenvalue weighted by atomic mass is 32.1. The Bertz CT molecular complexity index is 825. The van der Waals surface area contributed by atoms with Crippen LogP contribution in [0.4, 0.5) is 10.8 Å².